The van der Waals surface area contributed by atoms with Crippen LogP contribution in [0.15, 0.2) is 41.2 Å². The summed E-state index contributed by atoms with van der Waals surface area (Å²) in [6.45, 7) is 2.45. The predicted octanol–water partition coefficient (Wildman–Crippen LogP) is 1.25. The molecule has 0 saturated heterocycles. The average molecular weight is 326 g/mol. The number of rotatable bonds is 6. The molecule has 0 aliphatic rings. The Bertz CT molecular complexity index is 806. The smallest absolute Gasteiger partial charge is 0.272 e. The third-order valence-corrected chi connectivity index (χ3v) is 3.49. The van der Waals surface area contributed by atoms with Crippen LogP contribution in [0.2, 0.25) is 0 Å². The Morgan fingerprint density at radius 2 is 2.04 bits per heavy atom. The molecule has 1 aromatic heterocycles. The summed E-state index contributed by atoms with van der Waals surface area (Å²) in [5, 5.41) is 15.7. The molecule has 0 aliphatic heterocycles. The molecule has 1 aromatic carbocycles. The van der Waals surface area contributed by atoms with Crippen molar-refractivity contribution in [3.8, 4) is 6.07 Å². The highest BCUT2D eigenvalue weighted by Gasteiger charge is 2.14. The summed E-state index contributed by atoms with van der Waals surface area (Å²) < 4.78 is 6.12. The van der Waals surface area contributed by atoms with E-state index < -0.39 is 0 Å². The van der Waals surface area contributed by atoms with Gasteiger partial charge in [0.2, 0.25) is 0 Å². The summed E-state index contributed by atoms with van der Waals surface area (Å²) in [7, 11) is 1.53. The van der Waals surface area contributed by atoms with E-state index in [1.807, 2.05) is 13.0 Å². The fourth-order valence-electron chi connectivity index (χ4n) is 2.11. The Morgan fingerprint density at radius 1 is 1.33 bits per heavy atom. The molecule has 124 valence electrons. The fourth-order valence-corrected chi connectivity index (χ4v) is 2.11. The molecule has 0 spiro atoms. The van der Waals surface area contributed by atoms with Crippen LogP contribution in [0.25, 0.3) is 0 Å². The molecule has 1 heterocycles. The van der Waals surface area contributed by atoms with E-state index in [0.717, 1.165) is 5.56 Å². The van der Waals surface area contributed by atoms with Crippen LogP contribution in [-0.2, 0) is 11.3 Å². The molecule has 1 atom stereocenters. The van der Waals surface area contributed by atoms with Crippen LogP contribution < -0.4 is 10.9 Å². The zero-order valence-corrected chi connectivity index (χ0v) is 13.5. The summed E-state index contributed by atoms with van der Waals surface area (Å²) in [4.78, 5) is 24.0. The van der Waals surface area contributed by atoms with E-state index in [-0.39, 0.29) is 29.7 Å². The molecule has 7 heteroatoms. The number of amides is 1. The van der Waals surface area contributed by atoms with Gasteiger partial charge < -0.3 is 10.1 Å². The van der Waals surface area contributed by atoms with Gasteiger partial charge in [0.05, 0.1) is 30.8 Å². The predicted molar refractivity (Wildman–Crippen MR) is 87.4 cm³/mol. The maximum absolute atomic E-state index is 12.3. The van der Waals surface area contributed by atoms with Crippen molar-refractivity contribution in [2.75, 3.05) is 13.7 Å². The van der Waals surface area contributed by atoms with Gasteiger partial charge in [0.15, 0.2) is 0 Å². The van der Waals surface area contributed by atoms with Gasteiger partial charge >= 0.3 is 0 Å². The van der Waals surface area contributed by atoms with Crippen molar-refractivity contribution in [3.05, 3.63) is 63.6 Å². The molecular formula is C17H18N4O3. The van der Waals surface area contributed by atoms with Crippen molar-refractivity contribution in [1.29, 1.82) is 5.26 Å². The minimum Gasteiger partial charge on any atom is -0.383 e. The first kappa shape index (κ1) is 17.4. The number of nitrogens with one attached hydrogen (secondary N) is 1. The van der Waals surface area contributed by atoms with E-state index in [2.05, 4.69) is 10.4 Å². The van der Waals surface area contributed by atoms with Crippen LogP contribution in [0.4, 0.5) is 0 Å². The van der Waals surface area contributed by atoms with Gasteiger partial charge in [0.25, 0.3) is 11.5 Å². The van der Waals surface area contributed by atoms with E-state index in [4.69, 9.17) is 10.00 Å². The first-order chi connectivity index (χ1) is 11.5. The summed E-state index contributed by atoms with van der Waals surface area (Å²) >= 11 is 0. The molecule has 1 N–H and O–H groups in total. The number of nitriles is 1. The second-order valence-electron chi connectivity index (χ2n) is 5.20. The van der Waals surface area contributed by atoms with Crippen molar-refractivity contribution < 1.29 is 9.53 Å². The minimum absolute atomic E-state index is 0.159. The van der Waals surface area contributed by atoms with E-state index in [0.29, 0.717) is 12.2 Å². The van der Waals surface area contributed by atoms with E-state index in [9.17, 15) is 9.59 Å². The van der Waals surface area contributed by atoms with Gasteiger partial charge in [-0.25, -0.2) is 4.68 Å². The molecule has 7 nitrogen and oxygen atoms in total. The quantitative estimate of drug-likeness (QED) is 0.862. The van der Waals surface area contributed by atoms with Crippen LogP contribution in [0, 0.1) is 11.3 Å². The molecule has 0 unspecified atom stereocenters. The first-order valence-electron chi connectivity index (χ1n) is 7.43. The zero-order chi connectivity index (χ0) is 17.5. The van der Waals surface area contributed by atoms with E-state index in [1.165, 1.54) is 23.9 Å². The molecule has 2 aromatic rings. The van der Waals surface area contributed by atoms with Gasteiger partial charge in [-0.3, -0.25) is 9.59 Å². The number of carbonyl (C=O) groups excluding carboxylic acids is 1. The first-order valence-corrected chi connectivity index (χ1v) is 7.43. The lowest BCUT2D eigenvalue weighted by molar-refractivity contribution is 0.0931. The van der Waals surface area contributed by atoms with Gasteiger partial charge in [-0.1, -0.05) is 12.1 Å². The van der Waals surface area contributed by atoms with Crippen LogP contribution in [0.1, 0.15) is 34.6 Å². The number of aromatic nitrogens is 2. The molecular weight excluding hydrogens is 308 g/mol. The molecule has 0 fully saturated rings. The Kier molecular flexibility index (Phi) is 5.82. The Hall–Kier alpha value is -2.98. The maximum atomic E-state index is 12.3. The van der Waals surface area contributed by atoms with Crippen molar-refractivity contribution in [2.45, 2.75) is 19.5 Å². The normalized spacial score (nSPS) is 11.5. The monoisotopic (exact) mass is 326 g/mol. The van der Waals surface area contributed by atoms with Gasteiger partial charge in [0, 0.05) is 13.2 Å². The minimum atomic E-state index is -0.377. The Labute approximate surface area is 139 Å². The number of methoxy groups -OCH3 is 1. The number of carbonyl (C=O) groups is 1. The summed E-state index contributed by atoms with van der Waals surface area (Å²) in [6, 6.07) is 11.5. The zero-order valence-electron chi connectivity index (χ0n) is 13.5. The lowest BCUT2D eigenvalue weighted by Gasteiger charge is -2.14. The number of benzene rings is 1. The lowest BCUT2D eigenvalue weighted by atomic mass is 10.1. The standard InChI is InChI=1S/C17H18N4O3/c1-12(14-5-3-13(11-18)4-6-14)19-17(23)15-7-8-16(22)21(20-15)9-10-24-2/h3-8,12H,9-10H2,1-2H3,(H,19,23)/t12-/m1/s1. The number of hydrogen-bond acceptors (Lipinski definition) is 5. The van der Waals surface area contributed by atoms with Crippen LogP contribution in [-0.4, -0.2) is 29.4 Å². The second-order valence-corrected chi connectivity index (χ2v) is 5.20. The average Bonchev–Trinajstić information content (AvgIpc) is 2.61. The van der Waals surface area contributed by atoms with Crippen molar-refractivity contribution >= 4 is 5.91 Å². The van der Waals surface area contributed by atoms with Crippen LogP contribution in [0.3, 0.4) is 0 Å². The Morgan fingerprint density at radius 3 is 2.67 bits per heavy atom. The van der Waals surface area contributed by atoms with Crippen LogP contribution in [0.5, 0.6) is 0 Å². The third-order valence-electron chi connectivity index (χ3n) is 3.49. The Balaban J connectivity index is 2.11. The van der Waals surface area contributed by atoms with Crippen molar-refractivity contribution in [1.82, 2.24) is 15.1 Å². The molecule has 2 rings (SSSR count). The van der Waals surface area contributed by atoms with Gasteiger partial charge in [0.1, 0.15) is 5.69 Å². The largest absolute Gasteiger partial charge is 0.383 e. The SMILES string of the molecule is COCCn1nc(C(=O)N[C@H](C)c2ccc(C#N)cc2)ccc1=O. The third kappa shape index (κ3) is 4.27. The van der Waals surface area contributed by atoms with Gasteiger partial charge in [-0.2, -0.15) is 10.4 Å². The number of nitrogens with zero attached hydrogens (tertiary/aromatic N) is 3. The van der Waals surface area contributed by atoms with E-state index >= 15 is 0 Å². The molecule has 0 aliphatic carbocycles. The fraction of sp³-hybridized carbons (Fsp3) is 0.294. The molecule has 1 amide bonds. The van der Waals surface area contributed by atoms with E-state index in [1.54, 1.807) is 24.3 Å². The number of hydrogen-bond donors (Lipinski definition) is 1. The highest BCUT2D eigenvalue weighted by Crippen LogP contribution is 2.13. The van der Waals surface area contributed by atoms with Gasteiger partial charge in [-0.15, -0.1) is 0 Å². The summed E-state index contributed by atoms with van der Waals surface area (Å²) in [5.74, 6) is -0.377. The highest BCUT2D eigenvalue weighted by molar-refractivity contribution is 5.92. The second kappa shape index (κ2) is 8.04. The van der Waals surface area contributed by atoms with Crippen molar-refractivity contribution in [2.24, 2.45) is 0 Å². The molecule has 24 heavy (non-hydrogen) atoms. The van der Waals surface area contributed by atoms with Crippen molar-refractivity contribution in [3.63, 3.8) is 0 Å². The summed E-state index contributed by atoms with van der Waals surface area (Å²) in [5.41, 5.74) is 1.30. The lowest BCUT2D eigenvalue weighted by Crippen LogP contribution is -2.31. The maximum Gasteiger partial charge on any atom is 0.272 e. The van der Waals surface area contributed by atoms with Crippen LogP contribution >= 0.6 is 0 Å². The molecule has 0 radical (unpaired) electrons. The van der Waals surface area contributed by atoms with Gasteiger partial charge in [-0.05, 0) is 30.7 Å². The summed E-state index contributed by atoms with van der Waals surface area (Å²) in [6.07, 6.45) is 0. The molecule has 0 bridgehead atoms. The number of ether oxygens (including phenoxy) is 1. The molecule has 0 saturated carbocycles. The highest BCUT2D eigenvalue weighted by atomic mass is 16.5. The topological polar surface area (TPSA) is 97.0 Å².